The van der Waals surface area contributed by atoms with Gasteiger partial charge in [0.15, 0.2) is 0 Å². The summed E-state index contributed by atoms with van der Waals surface area (Å²) >= 11 is 0. The molecule has 1 heterocycles. The molecule has 2 aromatic rings. The van der Waals surface area contributed by atoms with Crippen molar-refractivity contribution in [3.8, 4) is 0 Å². The topological polar surface area (TPSA) is 15.8 Å². The maximum Gasteiger partial charge on any atom is 0.0458 e. The van der Waals surface area contributed by atoms with Crippen LogP contribution in [0.2, 0.25) is 0 Å². The van der Waals surface area contributed by atoms with Crippen LogP contribution in [-0.2, 0) is 12.8 Å². The number of H-pyrrole nitrogens is 1. The number of hydrogen-bond acceptors (Lipinski definition) is 0. The number of rotatable bonds is 0. The van der Waals surface area contributed by atoms with Crippen LogP contribution in [0.15, 0.2) is 24.3 Å². The second-order valence-electron chi connectivity index (χ2n) is 4.54. The number of benzene rings is 1. The lowest BCUT2D eigenvalue weighted by molar-refractivity contribution is 0.680. The molecule has 0 saturated carbocycles. The number of aromatic nitrogens is 1. The van der Waals surface area contributed by atoms with E-state index in [9.17, 15) is 0 Å². The zero-order chi connectivity index (χ0) is 11.4. The van der Waals surface area contributed by atoms with E-state index in [0.717, 1.165) is 0 Å². The molecular formula is C15H21N. The van der Waals surface area contributed by atoms with Gasteiger partial charge in [0, 0.05) is 16.6 Å². The Hall–Kier alpha value is -1.24. The summed E-state index contributed by atoms with van der Waals surface area (Å²) in [6.07, 6.45) is 6.46. The van der Waals surface area contributed by atoms with Crippen LogP contribution in [0.4, 0.5) is 0 Å². The van der Waals surface area contributed by atoms with E-state index in [1.807, 2.05) is 0 Å². The van der Waals surface area contributed by atoms with Crippen molar-refractivity contribution in [3.63, 3.8) is 0 Å². The zero-order valence-electron chi connectivity index (χ0n) is 10.3. The van der Waals surface area contributed by atoms with Crippen molar-refractivity contribution < 1.29 is 0 Å². The SMILES string of the molecule is CCC.c1ccc2c3c([nH]c2c1)CCCC3. The van der Waals surface area contributed by atoms with Gasteiger partial charge in [-0.15, -0.1) is 0 Å². The number of para-hydroxylation sites is 1. The summed E-state index contributed by atoms with van der Waals surface area (Å²) < 4.78 is 0. The summed E-state index contributed by atoms with van der Waals surface area (Å²) in [6.45, 7) is 4.25. The molecule has 1 aromatic heterocycles. The molecule has 0 aliphatic heterocycles. The van der Waals surface area contributed by atoms with Gasteiger partial charge in [-0.05, 0) is 37.3 Å². The molecule has 0 spiro atoms. The first-order valence-corrected chi connectivity index (χ1v) is 6.45. The molecule has 0 unspecified atom stereocenters. The molecule has 1 nitrogen and oxygen atoms in total. The number of aryl methyl sites for hydroxylation is 2. The third-order valence-corrected chi connectivity index (χ3v) is 3.01. The first-order valence-electron chi connectivity index (χ1n) is 6.45. The largest absolute Gasteiger partial charge is 0.358 e. The normalized spacial score (nSPS) is 14.1. The Labute approximate surface area is 97.9 Å². The highest BCUT2D eigenvalue weighted by Crippen LogP contribution is 2.28. The fraction of sp³-hybridized carbons (Fsp3) is 0.467. The molecule has 0 fully saturated rings. The van der Waals surface area contributed by atoms with Crippen molar-refractivity contribution >= 4 is 10.9 Å². The monoisotopic (exact) mass is 215 g/mol. The lowest BCUT2D eigenvalue weighted by Crippen LogP contribution is -1.99. The zero-order valence-corrected chi connectivity index (χ0v) is 10.3. The van der Waals surface area contributed by atoms with Gasteiger partial charge >= 0.3 is 0 Å². The first-order chi connectivity index (χ1) is 7.86. The van der Waals surface area contributed by atoms with Crippen molar-refractivity contribution in [2.75, 3.05) is 0 Å². The van der Waals surface area contributed by atoms with Crippen LogP contribution >= 0.6 is 0 Å². The summed E-state index contributed by atoms with van der Waals surface area (Å²) in [5.74, 6) is 0. The standard InChI is InChI=1S/C12H13N.C3H8/c1-3-7-11-9(5-1)10-6-2-4-8-12(10)13-11;1-3-2/h1,3,5,7,13H,2,4,6,8H2;3H2,1-2H3. The molecule has 1 heteroatoms. The minimum atomic E-state index is 1.24. The van der Waals surface area contributed by atoms with Crippen LogP contribution in [0.5, 0.6) is 0 Å². The van der Waals surface area contributed by atoms with E-state index >= 15 is 0 Å². The number of aromatic amines is 1. The van der Waals surface area contributed by atoms with Gasteiger partial charge in [-0.3, -0.25) is 0 Å². The van der Waals surface area contributed by atoms with Crippen LogP contribution in [0, 0.1) is 0 Å². The molecule has 1 N–H and O–H groups in total. The Morgan fingerprint density at radius 1 is 1.06 bits per heavy atom. The second kappa shape index (κ2) is 5.20. The molecule has 1 aliphatic rings. The van der Waals surface area contributed by atoms with E-state index in [4.69, 9.17) is 0 Å². The third kappa shape index (κ3) is 2.13. The Bertz CT molecular complexity index is 453. The van der Waals surface area contributed by atoms with Gasteiger partial charge in [-0.1, -0.05) is 38.5 Å². The predicted molar refractivity (Wildman–Crippen MR) is 70.9 cm³/mol. The van der Waals surface area contributed by atoms with Crippen molar-refractivity contribution in [2.24, 2.45) is 0 Å². The van der Waals surface area contributed by atoms with Gasteiger partial charge in [-0.2, -0.15) is 0 Å². The number of fused-ring (bicyclic) bond motifs is 3. The van der Waals surface area contributed by atoms with Crippen molar-refractivity contribution in [1.29, 1.82) is 0 Å². The van der Waals surface area contributed by atoms with Crippen LogP contribution in [-0.4, -0.2) is 4.98 Å². The molecule has 0 atom stereocenters. The minimum absolute atomic E-state index is 1.24. The molecule has 1 aliphatic carbocycles. The van der Waals surface area contributed by atoms with Gasteiger partial charge in [0.05, 0.1) is 0 Å². The highest BCUT2D eigenvalue weighted by molar-refractivity contribution is 5.84. The summed E-state index contributed by atoms with van der Waals surface area (Å²) in [5, 5.41) is 1.44. The maximum absolute atomic E-state index is 3.52. The van der Waals surface area contributed by atoms with Gasteiger partial charge in [0.2, 0.25) is 0 Å². The molecule has 0 bridgehead atoms. The predicted octanol–water partition coefficient (Wildman–Crippen LogP) is 4.46. The maximum atomic E-state index is 3.52. The smallest absolute Gasteiger partial charge is 0.0458 e. The number of hydrogen-bond donors (Lipinski definition) is 1. The molecule has 0 saturated heterocycles. The molecular weight excluding hydrogens is 194 g/mol. The van der Waals surface area contributed by atoms with E-state index in [2.05, 4.69) is 43.1 Å². The van der Waals surface area contributed by atoms with Gasteiger partial charge in [0.1, 0.15) is 0 Å². The summed E-state index contributed by atoms with van der Waals surface area (Å²) in [5.41, 5.74) is 4.36. The number of nitrogens with one attached hydrogen (secondary N) is 1. The van der Waals surface area contributed by atoms with E-state index < -0.39 is 0 Å². The van der Waals surface area contributed by atoms with E-state index in [-0.39, 0.29) is 0 Å². The highest BCUT2D eigenvalue weighted by atomic mass is 14.7. The Kier molecular flexibility index (Phi) is 3.66. The van der Waals surface area contributed by atoms with Gasteiger partial charge in [0.25, 0.3) is 0 Å². The minimum Gasteiger partial charge on any atom is -0.358 e. The van der Waals surface area contributed by atoms with Crippen molar-refractivity contribution in [3.05, 3.63) is 35.5 Å². The van der Waals surface area contributed by atoms with Crippen LogP contribution in [0.25, 0.3) is 10.9 Å². The third-order valence-electron chi connectivity index (χ3n) is 3.01. The van der Waals surface area contributed by atoms with Crippen molar-refractivity contribution in [1.82, 2.24) is 4.98 Å². The molecule has 0 radical (unpaired) electrons. The van der Waals surface area contributed by atoms with Crippen LogP contribution < -0.4 is 0 Å². The molecule has 86 valence electrons. The second-order valence-corrected chi connectivity index (χ2v) is 4.54. The van der Waals surface area contributed by atoms with Crippen LogP contribution in [0.1, 0.15) is 44.4 Å². The Morgan fingerprint density at radius 2 is 1.75 bits per heavy atom. The summed E-state index contributed by atoms with van der Waals surface area (Å²) in [6, 6.07) is 8.64. The molecule has 3 rings (SSSR count). The lowest BCUT2D eigenvalue weighted by Gasteiger charge is -2.10. The van der Waals surface area contributed by atoms with Gasteiger partial charge in [-0.25, -0.2) is 0 Å². The first kappa shape index (κ1) is 11.3. The quantitative estimate of drug-likeness (QED) is 0.667. The molecule has 0 amide bonds. The average molecular weight is 215 g/mol. The lowest BCUT2D eigenvalue weighted by atomic mass is 9.96. The Balaban J connectivity index is 0.000000292. The molecule has 16 heavy (non-hydrogen) atoms. The average Bonchev–Trinajstić information content (AvgIpc) is 2.68. The van der Waals surface area contributed by atoms with E-state index in [0.29, 0.717) is 0 Å². The van der Waals surface area contributed by atoms with Crippen molar-refractivity contribution in [2.45, 2.75) is 46.0 Å². The summed E-state index contributed by atoms with van der Waals surface area (Å²) in [7, 11) is 0. The van der Waals surface area contributed by atoms with E-state index in [1.165, 1.54) is 48.7 Å². The molecule has 1 aromatic carbocycles. The van der Waals surface area contributed by atoms with Crippen LogP contribution in [0.3, 0.4) is 0 Å². The van der Waals surface area contributed by atoms with E-state index in [1.54, 1.807) is 5.56 Å². The highest BCUT2D eigenvalue weighted by Gasteiger charge is 2.13. The fourth-order valence-corrected chi connectivity index (χ4v) is 2.36. The summed E-state index contributed by atoms with van der Waals surface area (Å²) in [4.78, 5) is 3.52. The Morgan fingerprint density at radius 3 is 2.56 bits per heavy atom. The van der Waals surface area contributed by atoms with Gasteiger partial charge < -0.3 is 4.98 Å². The fourth-order valence-electron chi connectivity index (χ4n) is 2.36.